The van der Waals surface area contributed by atoms with Crippen molar-refractivity contribution in [2.24, 2.45) is 13.0 Å². The lowest BCUT2D eigenvalue weighted by Gasteiger charge is -2.49. The van der Waals surface area contributed by atoms with E-state index in [1.54, 1.807) is 37.4 Å². The lowest BCUT2D eigenvalue weighted by atomic mass is 9.53. The van der Waals surface area contributed by atoms with E-state index < -0.39 is 74.6 Å². The Balaban J connectivity index is 1.20. The van der Waals surface area contributed by atoms with Gasteiger partial charge in [0.15, 0.2) is 28.8 Å². The summed E-state index contributed by atoms with van der Waals surface area (Å²) in [5.41, 5.74) is -0.608. The number of aryl methyl sites for hydroxylation is 2. The molecule has 3 aliphatic rings. The van der Waals surface area contributed by atoms with Crippen molar-refractivity contribution in [3.05, 3.63) is 139 Å². The molecule has 0 unspecified atom stereocenters. The van der Waals surface area contributed by atoms with E-state index in [4.69, 9.17) is 37.4 Å². The second kappa shape index (κ2) is 17.1. The van der Waals surface area contributed by atoms with E-state index in [1.165, 1.54) is 53.5 Å². The molecular weight excluding hydrogens is 1070 g/mol. The summed E-state index contributed by atoms with van der Waals surface area (Å²) in [4.78, 5) is 81.8. The fourth-order valence-electron chi connectivity index (χ4n) is 9.70. The number of anilines is 1. The number of hydrogen-bond donors (Lipinski definition) is 2. The number of alkyl halides is 3. The number of phenolic OH excluding ortho intramolecular Hbond substituents is 1. The third-order valence-corrected chi connectivity index (χ3v) is 15.5. The number of methoxy groups -OCH3 is 3. The van der Waals surface area contributed by atoms with Crippen LogP contribution < -0.4 is 36.6 Å². The van der Waals surface area contributed by atoms with Crippen LogP contribution >= 0.6 is 55.1 Å². The van der Waals surface area contributed by atoms with Gasteiger partial charge >= 0.3 is 17.6 Å². The lowest BCUT2D eigenvalue weighted by molar-refractivity contribution is -0.139. The van der Waals surface area contributed by atoms with Crippen molar-refractivity contribution in [3.63, 3.8) is 0 Å². The molecule has 3 aromatic heterocycles. The third kappa shape index (κ3) is 7.11. The second-order valence-corrected chi connectivity index (χ2v) is 18.5. The van der Waals surface area contributed by atoms with Crippen LogP contribution in [0.5, 0.6) is 23.0 Å². The van der Waals surface area contributed by atoms with Crippen LogP contribution in [0.15, 0.2) is 89.7 Å². The Hall–Kier alpha value is -6.10. The maximum absolute atomic E-state index is 15.6. The smallest absolute Gasteiger partial charge is 0.417 e. The number of hydrogen-bond acceptors (Lipinski definition) is 12. The van der Waals surface area contributed by atoms with E-state index in [-0.39, 0.29) is 57.6 Å². The monoisotopic (exact) mass is 1100 g/mol. The summed E-state index contributed by atoms with van der Waals surface area (Å²) >= 11 is 19.7. The summed E-state index contributed by atoms with van der Waals surface area (Å²) in [6.45, 7) is -0.468. The first-order valence-corrected chi connectivity index (χ1v) is 22.7. The van der Waals surface area contributed by atoms with Gasteiger partial charge in [-0.3, -0.25) is 19.8 Å². The van der Waals surface area contributed by atoms with Crippen molar-refractivity contribution in [3.8, 4) is 23.0 Å². The summed E-state index contributed by atoms with van der Waals surface area (Å²) in [5, 5.41) is 11.5. The molecule has 6 aromatic rings. The number of halogens is 7. The molecule has 24 heteroatoms. The van der Waals surface area contributed by atoms with Crippen molar-refractivity contribution in [2.45, 2.75) is 49.5 Å². The van der Waals surface area contributed by atoms with Crippen LogP contribution in [-0.2, 0) is 47.7 Å². The topological polar surface area (TPSA) is 194 Å². The number of aromatic nitrogens is 6. The van der Waals surface area contributed by atoms with Gasteiger partial charge in [0.05, 0.1) is 71.3 Å². The minimum Gasteiger partial charge on any atom is -0.503 e. The molecule has 2 aliphatic heterocycles. The Morgan fingerprint density at radius 1 is 0.926 bits per heavy atom. The predicted octanol–water partition coefficient (Wildman–Crippen LogP) is 6.90. The Morgan fingerprint density at radius 3 is 2.25 bits per heavy atom. The van der Waals surface area contributed by atoms with Crippen molar-refractivity contribution >= 4 is 83.7 Å². The SMILES string of the molecule is COc1cc2nc(CCn3c(=O)n4n(c3=O)[C@@H]3C[C@H]5C(=O)N(Nc6ncc(C(F)(F)F)cc6Cl)C(=O)[C@@]5(c5ccc(Cl)cc5)[C@@H](c5cc(OC)c(O)c(Br)c5Br)C3=CC4)c(=O)n(C)c2cc1OC. The maximum Gasteiger partial charge on any atom is 0.417 e. The molecule has 354 valence electrons. The van der Waals surface area contributed by atoms with Gasteiger partial charge in [0, 0.05) is 53.8 Å². The summed E-state index contributed by atoms with van der Waals surface area (Å²) in [6.07, 6.45) is -3.03. The average Bonchev–Trinajstić information content (AvgIpc) is 3.68. The first kappa shape index (κ1) is 47.0. The number of amides is 2. The Morgan fingerprint density at radius 2 is 1.60 bits per heavy atom. The van der Waals surface area contributed by atoms with Crippen molar-refractivity contribution in [2.75, 3.05) is 26.8 Å². The van der Waals surface area contributed by atoms with E-state index in [0.717, 1.165) is 4.57 Å². The number of fused-ring (bicyclic) bond motifs is 5. The first-order valence-electron chi connectivity index (χ1n) is 20.4. The third-order valence-electron chi connectivity index (χ3n) is 12.8. The summed E-state index contributed by atoms with van der Waals surface area (Å²) in [6, 6.07) is 10.4. The van der Waals surface area contributed by atoms with E-state index in [1.807, 2.05) is 0 Å². The maximum atomic E-state index is 15.6. The highest BCUT2D eigenvalue weighted by atomic mass is 79.9. The highest BCUT2D eigenvalue weighted by Gasteiger charge is 2.69. The molecule has 4 atom stereocenters. The number of carbonyl (C=O) groups is 2. The number of nitrogens with zero attached hydrogens (tertiary/aromatic N) is 7. The van der Waals surface area contributed by atoms with E-state index >= 15 is 9.59 Å². The van der Waals surface area contributed by atoms with Gasteiger partial charge in [0.1, 0.15) is 5.69 Å². The van der Waals surface area contributed by atoms with Crippen molar-refractivity contribution in [1.82, 2.24) is 33.5 Å². The second-order valence-electron chi connectivity index (χ2n) is 16.1. The summed E-state index contributed by atoms with van der Waals surface area (Å²) in [7, 11) is 5.78. The predicted molar refractivity (Wildman–Crippen MR) is 248 cm³/mol. The van der Waals surface area contributed by atoms with Crippen LogP contribution in [0.1, 0.15) is 40.8 Å². The van der Waals surface area contributed by atoms with Crippen molar-refractivity contribution < 1.29 is 42.1 Å². The van der Waals surface area contributed by atoms with E-state index in [2.05, 4.69) is 47.3 Å². The van der Waals surface area contributed by atoms with Crippen molar-refractivity contribution in [1.29, 1.82) is 0 Å². The fourth-order valence-corrected chi connectivity index (χ4v) is 11.0. The van der Waals surface area contributed by atoms with Gasteiger partial charge in [-0.15, -0.1) is 0 Å². The number of hydrazine groups is 1. The number of pyridine rings is 1. The number of allylic oxidation sites excluding steroid dienone is 2. The summed E-state index contributed by atoms with van der Waals surface area (Å²) in [5.74, 6) is -4.37. The van der Waals surface area contributed by atoms with Crippen LogP contribution in [0.2, 0.25) is 10.0 Å². The van der Waals surface area contributed by atoms with E-state index in [0.29, 0.717) is 56.0 Å². The molecule has 0 bridgehead atoms. The Bertz CT molecular complexity index is 3360. The number of ether oxygens (including phenoxy) is 3. The molecule has 68 heavy (non-hydrogen) atoms. The van der Waals surface area contributed by atoms with Crippen LogP contribution in [0, 0.1) is 5.92 Å². The first-order chi connectivity index (χ1) is 32.3. The lowest BCUT2D eigenvalue weighted by Crippen LogP contribution is -2.53. The average molecular weight is 1110 g/mol. The van der Waals surface area contributed by atoms with Gasteiger partial charge in [-0.05, 0) is 79.2 Å². The Kier molecular flexibility index (Phi) is 11.8. The van der Waals surface area contributed by atoms with Gasteiger partial charge in [-0.25, -0.2) is 33.5 Å². The number of phenols is 1. The molecule has 1 saturated carbocycles. The normalized spacial score (nSPS) is 20.0. The number of benzene rings is 3. The zero-order valence-electron chi connectivity index (χ0n) is 35.8. The molecule has 9 rings (SSSR count). The minimum absolute atomic E-state index is 0.0323. The van der Waals surface area contributed by atoms with Crippen LogP contribution in [0.4, 0.5) is 19.0 Å². The molecule has 0 radical (unpaired) electrons. The molecular formula is C44H35Br2Cl2F3N8O9. The molecule has 17 nitrogen and oxygen atoms in total. The molecule has 2 fully saturated rings. The number of aromatic hydroxyl groups is 1. The molecule has 2 amide bonds. The molecule has 1 aliphatic carbocycles. The summed E-state index contributed by atoms with van der Waals surface area (Å²) < 4.78 is 62.4. The van der Waals surface area contributed by atoms with Gasteiger partial charge in [-0.1, -0.05) is 41.4 Å². The van der Waals surface area contributed by atoms with Gasteiger partial charge < -0.3 is 23.9 Å². The van der Waals surface area contributed by atoms with E-state index in [9.17, 15) is 32.7 Å². The fraction of sp³-hybridized carbons (Fsp3) is 0.295. The molecule has 2 N–H and O–H groups in total. The molecule has 3 aromatic carbocycles. The quantitative estimate of drug-likeness (QED) is 0.107. The van der Waals surface area contributed by atoms with Gasteiger partial charge in [0.25, 0.3) is 17.4 Å². The largest absolute Gasteiger partial charge is 0.503 e. The molecule has 0 spiro atoms. The number of carbonyl (C=O) groups excluding carboxylic acids is 2. The minimum atomic E-state index is -4.81. The van der Waals surface area contributed by atoms with Crippen LogP contribution in [0.25, 0.3) is 11.0 Å². The van der Waals surface area contributed by atoms with Crippen LogP contribution in [0.3, 0.4) is 0 Å². The highest BCUT2D eigenvalue weighted by Crippen LogP contribution is 2.64. The van der Waals surface area contributed by atoms with Gasteiger partial charge in [0.2, 0.25) is 0 Å². The highest BCUT2D eigenvalue weighted by molar-refractivity contribution is 9.13. The zero-order valence-corrected chi connectivity index (χ0v) is 40.5. The zero-order chi connectivity index (χ0) is 48.9. The number of imide groups is 1. The molecule has 1 saturated heterocycles. The number of rotatable bonds is 10. The Labute approximate surface area is 408 Å². The van der Waals surface area contributed by atoms with Gasteiger partial charge in [-0.2, -0.15) is 18.2 Å². The number of nitrogens with one attached hydrogen (secondary N) is 1. The molecule has 5 heterocycles. The van der Waals surface area contributed by atoms with Crippen LogP contribution in [-0.4, -0.2) is 71.7 Å². The standard InChI is InChI=1S/C44H35Br2Cl2F3N8O9/c1-55-29-17-31(67-3)30(66-2)16-27(29)53-26(39(55)62)10-11-56-41(64)57-12-9-22-28(59(57)42(56)65)15-24-38(61)58(54-37-25(48)13-20(18-52-37)44(49,50)51)40(63)43(24,19-5-7-21(47)8-6-19)33(22)23-14-32(68-4)36(60)35(46)34(23)45/h5-9,13-14,16-18,24,28,33,60H,10-12,15H2,1-4H3,(H,52,54)/t24-,28+,33+,43+/m0/s1.